The molecule has 120 valence electrons. The van der Waals surface area contributed by atoms with Crippen molar-refractivity contribution >= 4 is 5.78 Å². The maximum atomic E-state index is 12.7. The van der Waals surface area contributed by atoms with Crippen LogP contribution in [0.1, 0.15) is 28.4 Å². The zero-order valence-corrected chi connectivity index (χ0v) is 13.3. The van der Waals surface area contributed by atoms with Gasteiger partial charge in [0.2, 0.25) is 5.75 Å². The Balaban J connectivity index is 2.13. The molecule has 2 aromatic rings. The monoisotopic (exact) mass is 314 g/mol. The van der Waals surface area contributed by atoms with Crippen LogP contribution in [0.15, 0.2) is 36.4 Å². The highest BCUT2D eigenvalue weighted by Gasteiger charge is 2.34. The summed E-state index contributed by atoms with van der Waals surface area (Å²) in [6, 6.07) is 11.3. The molecule has 0 saturated heterocycles. The van der Waals surface area contributed by atoms with E-state index in [2.05, 4.69) is 0 Å². The van der Waals surface area contributed by atoms with Gasteiger partial charge >= 0.3 is 0 Å². The molecule has 0 fully saturated rings. The van der Waals surface area contributed by atoms with Crippen molar-refractivity contribution < 1.29 is 23.7 Å². The number of ether oxygens (including phenoxy) is 4. The minimum absolute atomic E-state index is 0.0436. The van der Waals surface area contributed by atoms with Crippen molar-refractivity contribution in [3.05, 3.63) is 47.5 Å². The zero-order valence-electron chi connectivity index (χ0n) is 13.3. The molecule has 0 N–H and O–H groups in total. The minimum atomic E-state index is -0.359. The van der Waals surface area contributed by atoms with E-state index in [1.165, 1.54) is 21.3 Å². The molecule has 0 aliphatic carbocycles. The average Bonchev–Trinajstić information content (AvgIpc) is 2.60. The third kappa shape index (κ3) is 2.59. The van der Waals surface area contributed by atoms with E-state index in [4.69, 9.17) is 18.9 Å². The summed E-state index contributed by atoms with van der Waals surface area (Å²) in [6.07, 6.45) is -0.107. The van der Waals surface area contributed by atoms with Crippen molar-refractivity contribution in [1.29, 1.82) is 0 Å². The molecule has 0 radical (unpaired) electrons. The molecule has 0 aromatic heterocycles. The number of ketones is 1. The summed E-state index contributed by atoms with van der Waals surface area (Å²) in [5, 5.41) is 0. The molecule has 1 atom stereocenters. The highest BCUT2D eigenvalue weighted by atomic mass is 16.5. The van der Waals surface area contributed by atoms with Gasteiger partial charge in [-0.1, -0.05) is 30.3 Å². The molecule has 0 amide bonds. The number of Topliss-reactive ketones (excluding diaryl/α,β-unsaturated/α-hetero) is 1. The first-order chi connectivity index (χ1) is 11.2. The molecule has 5 heteroatoms. The molecule has 0 spiro atoms. The fourth-order valence-electron chi connectivity index (χ4n) is 2.78. The van der Waals surface area contributed by atoms with E-state index in [1.807, 2.05) is 30.3 Å². The van der Waals surface area contributed by atoms with Crippen LogP contribution in [-0.4, -0.2) is 27.1 Å². The van der Waals surface area contributed by atoms with Crippen LogP contribution in [0, 0.1) is 0 Å². The average molecular weight is 314 g/mol. The van der Waals surface area contributed by atoms with Crippen LogP contribution in [0.3, 0.4) is 0 Å². The molecule has 2 aromatic carbocycles. The molecule has 3 rings (SSSR count). The second kappa shape index (κ2) is 6.20. The van der Waals surface area contributed by atoms with Crippen molar-refractivity contribution in [3.63, 3.8) is 0 Å². The van der Waals surface area contributed by atoms with Crippen LogP contribution in [0.25, 0.3) is 0 Å². The van der Waals surface area contributed by atoms with E-state index < -0.39 is 0 Å². The van der Waals surface area contributed by atoms with Gasteiger partial charge < -0.3 is 18.9 Å². The van der Waals surface area contributed by atoms with Crippen molar-refractivity contribution in [2.24, 2.45) is 0 Å². The van der Waals surface area contributed by atoms with Gasteiger partial charge in [-0.25, -0.2) is 0 Å². The third-order valence-corrected chi connectivity index (χ3v) is 3.89. The number of carbonyl (C=O) groups excluding carboxylic acids is 1. The Bertz CT molecular complexity index is 724. The molecular formula is C18H18O5. The van der Waals surface area contributed by atoms with Gasteiger partial charge in [-0.05, 0) is 5.56 Å². The topological polar surface area (TPSA) is 54.0 Å². The van der Waals surface area contributed by atoms with E-state index in [-0.39, 0.29) is 18.3 Å². The van der Waals surface area contributed by atoms with E-state index in [0.29, 0.717) is 28.6 Å². The summed E-state index contributed by atoms with van der Waals surface area (Å²) in [5.41, 5.74) is 1.34. The molecule has 1 heterocycles. The van der Waals surface area contributed by atoms with E-state index in [1.54, 1.807) is 6.07 Å². The molecule has 23 heavy (non-hydrogen) atoms. The van der Waals surface area contributed by atoms with Gasteiger partial charge in [0.25, 0.3) is 0 Å². The number of methoxy groups -OCH3 is 3. The Morgan fingerprint density at radius 3 is 2.30 bits per heavy atom. The molecular weight excluding hydrogens is 296 g/mol. The lowest BCUT2D eigenvalue weighted by atomic mass is 9.95. The van der Waals surface area contributed by atoms with Gasteiger partial charge in [0.15, 0.2) is 17.3 Å². The Morgan fingerprint density at radius 2 is 1.70 bits per heavy atom. The SMILES string of the molecule is COc1cc(OC)c2c(c1OC)O[C@H](c1ccccc1)CC2=O. The minimum Gasteiger partial charge on any atom is -0.496 e. The fraction of sp³-hybridized carbons (Fsp3) is 0.278. The molecule has 1 aliphatic rings. The van der Waals surface area contributed by atoms with Crippen LogP contribution in [0.5, 0.6) is 23.0 Å². The first-order valence-corrected chi connectivity index (χ1v) is 7.27. The highest BCUT2D eigenvalue weighted by molar-refractivity contribution is 6.04. The molecule has 1 aliphatic heterocycles. The summed E-state index contributed by atoms with van der Waals surface area (Å²) in [5.74, 6) is 1.61. The van der Waals surface area contributed by atoms with Crippen LogP contribution >= 0.6 is 0 Å². The number of hydrogen-bond donors (Lipinski definition) is 0. The largest absolute Gasteiger partial charge is 0.496 e. The lowest BCUT2D eigenvalue weighted by Crippen LogP contribution is -2.21. The van der Waals surface area contributed by atoms with Crippen LogP contribution < -0.4 is 18.9 Å². The van der Waals surface area contributed by atoms with Gasteiger partial charge in [-0.3, -0.25) is 4.79 Å². The summed E-state index contributed by atoms with van der Waals surface area (Å²) in [4.78, 5) is 12.7. The molecule has 5 nitrogen and oxygen atoms in total. The Morgan fingerprint density at radius 1 is 1.00 bits per heavy atom. The molecule has 0 saturated carbocycles. The zero-order chi connectivity index (χ0) is 16.4. The predicted molar refractivity (Wildman–Crippen MR) is 84.9 cm³/mol. The third-order valence-electron chi connectivity index (χ3n) is 3.89. The van der Waals surface area contributed by atoms with Crippen LogP contribution in [-0.2, 0) is 0 Å². The van der Waals surface area contributed by atoms with E-state index in [0.717, 1.165) is 5.56 Å². The van der Waals surface area contributed by atoms with Gasteiger partial charge in [0.05, 0.1) is 27.8 Å². The van der Waals surface area contributed by atoms with Crippen LogP contribution in [0.2, 0.25) is 0 Å². The Hall–Kier alpha value is -2.69. The first kappa shape index (κ1) is 15.2. The smallest absolute Gasteiger partial charge is 0.204 e. The maximum absolute atomic E-state index is 12.7. The lowest BCUT2D eigenvalue weighted by Gasteiger charge is -2.28. The number of benzene rings is 2. The van der Waals surface area contributed by atoms with Gasteiger partial charge in [-0.2, -0.15) is 0 Å². The quantitative estimate of drug-likeness (QED) is 0.865. The van der Waals surface area contributed by atoms with Gasteiger partial charge in [-0.15, -0.1) is 0 Å². The van der Waals surface area contributed by atoms with Crippen molar-refractivity contribution in [1.82, 2.24) is 0 Å². The standard InChI is InChI=1S/C18H18O5/c1-20-14-10-15(21-2)17(22-3)18-16(14)12(19)9-13(23-18)11-7-5-4-6-8-11/h4-8,10,13H,9H2,1-3H3/t13-/m0/s1. The van der Waals surface area contributed by atoms with Gasteiger partial charge in [0.1, 0.15) is 17.4 Å². The van der Waals surface area contributed by atoms with Crippen molar-refractivity contribution in [2.75, 3.05) is 21.3 Å². The predicted octanol–water partition coefficient (Wildman–Crippen LogP) is 3.42. The lowest BCUT2D eigenvalue weighted by molar-refractivity contribution is 0.0835. The fourth-order valence-corrected chi connectivity index (χ4v) is 2.78. The number of carbonyl (C=O) groups is 1. The normalized spacial score (nSPS) is 16.3. The molecule has 0 bridgehead atoms. The maximum Gasteiger partial charge on any atom is 0.204 e. The number of fused-ring (bicyclic) bond motifs is 1. The molecule has 0 unspecified atom stereocenters. The van der Waals surface area contributed by atoms with Crippen molar-refractivity contribution in [2.45, 2.75) is 12.5 Å². The summed E-state index contributed by atoms with van der Waals surface area (Å²) in [6.45, 7) is 0. The second-order valence-corrected chi connectivity index (χ2v) is 5.16. The second-order valence-electron chi connectivity index (χ2n) is 5.16. The van der Waals surface area contributed by atoms with Gasteiger partial charge in [0, 0.05) is 6.07 Å². The van der Waals surface area contributed by atoms with E-state index in [9.17, 15) is 4.79 Å². The van der Waals surface area contributed by atoms with Crippen LogP contribution in [0.4, 0.5) is 0 Å². The first-order valence-electron chi connectivity index (χ1n) is 7.27. The van der Waals surface area contributed by atoms with E-state index >= 15 is 0 Å². The Kier molecular flexibility index (Phi) is 4.10. The summed E-state index contributed by atoms with van der Waals surface area (Å²) >= 11 is 0. The highest BCUT2D eigenvalue weighted by Crippen LogP contribution is 2.50. The van der Waals surface area contributed by atoms with Crippen molar-refractivity contribution in [3.8, 4) is 23.0 Å². The summed E-state index contributed by atoms with van der Waals surface area (Å²) in [7, 11) is 4.56. The Labute approximate surface area is 134 Å². The number of hydrogen-bond acceptors (Lipinski definition) is 5. The number of rotatable bonds is 4. The summed E-state index contributed by atoms with van der Waals surface area (Å²) < 4.78 is 22.2.